The number of halogens is 4. The Bertz CT molecular complexity index is 671. The van der Waals surface area contributed by atoms with E-state index >= 15 is 0 Å². The SMILES string of the molecule is N=C(N)c1ccc(Oc2cc(F)cc(F)c2)c(F)c1Br. The highest BCUT2D eigenvalue weighted by Gasteiger charge is 2.15. The van der Waals surface area contributed by atoms with Crippen LogP contribution in [-0.4, -0.2) is 5.84 Å². The lowest BCUT2D eigenvalue weighted by Crippen LogP contribution is -2.12. The summed E-state index contributed by atoms with van der Waals surface area (Å²) in [5.41, 5.74) is 5.43. The van der Waals surface area contributed by atoms with Crippen LogP contribution < -0.4 is 10.5 Å². The number of hydrogen-bond acceptors (Lipinski definition) is 2. The molecule has 0 bridgehead atoms. The molecule has 2 rings (SSSR count). The van der Waals surface area contributed by atoms with Crippen molar-refractivity contribution in [2.75, 3.05) is 0 Å². The van der Waals surface area contributed by atoms with Crippen molar-refractivity contribution in [3.05, 3.63) is 57.8 Å². The zero-order chi connectivity index (χ0) is 14.9. The van der Waals surface area contributed by atoms with Gasteiger partial charge in [0.25, 0.3) is 0 Å². The third-order valence-electron chi connectivity index (χ3n) is 2.40. The van der Waals surface area contributed by atoms with E-state index in [4.69, 9.17) is 15.9 Å². The predicted molar refractivity (Wildman–Crippen MR) is 71.5 cm³/mol. The fourth-order valence-electron chi connectivity index (χ4n) is 1.53. The van der Waals surface area contributed by atoms with Crippen LogP contribution in [0.3, 0.4) is 0 Å². The lowest BCUT2D eigenvalue weighted by Gasteiger charge is -2.10. The van der Waals surface area contributed by atoms with Crippen LogP contribution in [0.1, 0.15) is 5.56 Å². The summed E-state index contributed by atoms with van der Waals surface area (Å²) in [7, 11) is 0. The summed E-state index contributed by atoms with van der Waals surface area (Å²) in [6, 6.07) is 5.11. The van der Waals surface area contributed by atoms with Crippen molar-refractivity contribution in [3.63, 3.8) is 0 Å². The Kier molecular flexibility index (Phi) is 3.99. The van der Waals surface area contributed by atoms with Crippen LogP contribution in [0.4, 0.5) is 13.2 Å². The molecule has 0 spiro atoms. The molecule has 7 heteroatoms. The first-order chi connectivity index (χ1) is 9.38. The highest BCUT2D eigenvalue weighted by atomic mass is 79.9. The summed E-state index contributed by atoms with van der Waals surface area (Å²) < 4.78 is 45.1. The Labute approximate surface area is 120 Å². The molecule has 0 aliphatic heterocycles. The molecule has 3 N–H and O–H groups in total. The van der Waals surface area contributed by atoms with Crippen molar-refractivity contribution >= 4 is 21.8 Å². The quantitative estimate of drug-likeness (QED) is 0.654. The summed E-state index contributed by atoms with van der Waals surface area (Å²) in [6.07, 6.45) is 0. The van der Waals surface area contributed by atoms with Gasteiger partial charge in [-0.3, -0.25) is 5.41 Å². The molecule has 20 heavy (non-hydrogen) atoms. The van der Waals surface area contributed by atoms with Crippen molar-refractivity contribution < 1.29 is 17.9 Å². The van der Waals surface area contributed by atoms with Crippen molar-refractivity contribution in [1.82, 2.24) is 0 Å². The van der Waals surface area contributed by atoms with E-state index in [1.165, 1.54) is 12.1 Å². The van der Waals surface area contributed by atoms with E-state index in [0.717, 1.165) is 12.1 Å². The molecular weight excluding hydrogens is 337 g/mol. The molecule has 0 saturated heterocycles. The van der Waals surface area contributed by atoms with Gasteiger partial charge < -0.3 is 10.5 Å². The fraction of sp³-hybridized carbons (Fsp3) is 0. The van der Waals surface area contributed by atoms with E-state index in [1.807, 2.05) is 0 Å². The van der Waals surface area contributed by atoms with E-state index in [0.29, 0.717) is 6.07 Å². The summed E-state index contributed by atoms with van der Waals surface area (Å²) >= 11 is 2.95. The molecule has 0 aliphatic rings. The molecule has 0 aliphatic carbocycles. The van der Waals surface area contributed by atoms with E-state index in [9.17, 15) is 13.2 Å². The minimum Gasteiger partial charge on any atom is -0.454 e. The van der Waals surface area contributed by atoms with Gasteiger partial charge in [-0.25, -0.2) is 13.2 Å². The molecule has 0 saturated carbocycles. The van der Waals surface area contributed by atoms with Crippen LogP contribution in [0, 0.1) is 22.9 Å². The van der Waals surface area contributed by atoms with Crippen LogP contribution in [0.2, 0.25) is 0 Å². The van der Waals surface area contributed by atoms with Gasteiger partial charge in [-0.05, 0) is 28.1 Å². The largest absolute Gasteiger partial charge is 0.454 e. The van der Waals surface area contributed by atoms with Gasteiger partial charge in [0.15, 0.2) is 11.6 Å². The monoisotopic (exact) mass is 344 g/mol. The Hall–Kier alpha value is -2.02. The van der Waals surface area contributed by atoms with Gasteiger partial charge in [-0.1, -0.05) is 0 Å². The number of rotatable bonds is 3. The third kappa shape index (κ3) is 2.93. The molecule has 3 nitrogen and oxygen atoms in total. The molecule has 0 aromatic heterocycles. The summed E-state index contributed by atoms with van der Waals surface area (Å²) in [4.78, 5) is 0. The number of hydrogen-bond donors (Lipinski definition) is 2. The highest BCUT2D eigenvalue weighted by molar-refractivity contribution is 9.10. The predicted octanol–water partition coefficient (Wildman–Crippen LogP) is 3.94. The van der Waals surface area contributed by atoms with E-state index in [1.54, 1.807) is 0 Å². The summed E-state index contributed by atoms with van der Waals surface area (Å²) in [5.74, 6) is -3.23. The third-order valence-corrected chi connectivity index (χ3v) is 3.18. The molecule has 0 heterocycles. The van der Waals surface area contributed by atoms with E-state index < -0.39 is 17.5 Å². The van der Waals surface area contributed by atoms with Crippen LogP contribution in [0.25, 0.3) is 0 Å². The molecule has 104 valence electrons. The van der Waals surface area contributed by atoms with Gasteiger partial charge in [0.2, 0.25) is 0 Å². The normalized spacial score (nSPS) is 10.4. The fourth-order valence-corrected chi connectivity index (χ4v) is 2.07. The lowest BCUT2D eigenvalue weighted by atomic mass is 10.2. The van der Waals surface area contributed by atoms with E-state index in [-0.39, 0.29) is 27.4 Å². The topological polar surface area (TPSA) is 59.1 Å². The summed E-state index contributed by atoms with van der Waals surface area (Å²) in [5, 5.41) is 7.26. The molecule has 0 amide bonds. The van der Waals surface area contributed by atoms with Crippen molar-refractivity contribution in [2.24, 2.45) is 5.73 Å². The van der Waals surface area contributed by atoms with Crippen LogP contribution in [-0.2, 0) is 0 Å². The summed E-state index contributed by atoms with van der Waals surface area (Å²) in [6.45, 7) is 0. The van der Waals surface area contributed by atoms with Crippen LogP contribution in [0.15, 0.2) is 34.8 Å². The van der Waals surface area contributed by atoms with Crippen molar-refractivity contribution in [2.45, 2.75) is 0 Å². The number of nitrogens with two attached hydrogens (primary N) is 1. The minimum atomic E-state index is -0.833. The van der Waals surface area contributed by atoms with E-state index in [2.05, 4.69) is 15.9 Å². The highest BCUT2D eigenvalue weighted by Crippen LogP contribution is 2.32. The number of nitrogen functional groups attached to an aromatic ring is 1. The molecule has 0 fully saturated rings. The Morgan fingerprint density at radius 1 is 1.10 bits per heavy atom. The lowest BCUT2D eigenvalue weighted by molar-refractivity contribution is 0.432. The van der Waals surface area contributed by atoms with Gasteiger partial charge in [0, 0.05) is 23.8 Å². The Morgan fingerprint density at radius 3 is 2.25 bits per heavy atom. The van der Waals surface area contributed by atoms with Crippen LogP contribution in [0.5, 0.6) is 11.5 Å². The zero-order valence-electron chi connectivity index (χ0n) is 9.88. The molecule has 0 atom stereocenters. The molecule has 0 radical (unpaired) electrons. The second-order valence-electron chi connectivity index (χ2n) is 3.86. The Morgan fingerprint density at radius 2 is 1.70 bits per heavy atom. The van der Waals surface area contributed by atoms with Gasteiger partial charge in [-0.15, -0.1) is 0 Å². The standard InChI is InChI=1S/C13H8BrF3N2O/c14-11-9(13(18)19)1-2-10(12(11)17)20-8-4-6(15)3-7(16)5-8/h1-5H,(H3,18,19). The second-order valence-corrected chi connectivity index (χ2v) is 4.65. The van der Waals surface area contributed by atoms with Gasteiger partial charge in [0.05, 0.1) is 4.47 Å². The van der Waals surface area contributed by atoms with Crippen LogP contribution >= 0.6 is 15.9 Å². The number of nitrogens with one attached hydrogen (secondary N) is 1. The Balaban J connectivity index is 2.39. The molecule has 2 aromatic rings. The van der Waals surface area contributed by atoms with Gasteiger partial charge >= 0.3 is 0 Å². The smallest absolute Gasteiger partial charge is 0.180 e. The maximum absolute atomic E-state index is 14.0. The maximum atomic E-state index is 14.0. The number of benzene rings is 2. The van der Waals surface area contributed by atoms with Crippen molar-refractivity contribution in [3.8, 4) is 11.5 Å². The minimum absolute atomic E-state index is 0.0561. The molecule has 0 unspecified atom stereocenters. The second kappa shape index (κ2) is 5.54. The van der Waals surface area contributed by atoms with Gasteiger partial charge in [-0.2, -0.15) is 0 Å². The molecular formula is C13H8BrF3N2O. The maximum Gasteiger partial charge on any atom is 0.180 e. The van der Waals surface area contributed by atoms with Crippen molar-refractivity contribution in [1.29, 1.82) is 5.41 Å². The zero-order valence-corrected chi connectivity index (χ0v) is 11.5. The molecule has 2 aromatic carbocycles. The number of ether oxygens (including phenoxy) is 1. The first-order valence-electron chi connectivity index (χ1n) is 5.35. The van der Waals surface area contributed by atoms with Gasteiger partial charge in [0.1, 0.15) is 23.2 Å². The first-order valence-corrected chi connectivity index (χ1v) is 6.14. The average molecular weight is 345 g/mol. The first kappa shape index (κ1) is 14.4. The number of amidine groups is 1. The average Bonchev–Trinajstić information content (AvgIpc) is 2.33.